The average Bonchev–Trinajstić information content (AvgIpc) is 2.42. The Morgan fingerprint density at radius 3 is 2.22 bits per heavy atom. The molecule has 0 unspecified atom stereocenters. The molecular formula is C16H31N3O4. The molecule has 134 valence electrons. The zero-order valence-corrected chi connectivity index (χ0v) is 14.6. The maximum Gasteiger partial charge on any atom is 0.407 e. The third kappa shape index (κ3) is 10.1. The van der Waals surface area contributed by atoms with Crippen LogP contribution in [0.1, 0.15) is 40.0 Å². The van der Waals surface area contributed by atoms with Crippen LogP contribution >= 0.6 is 0 Å². The van der Waals surface area contributed by atoms with Crippen LogP contribution in [-0.2, 0) is 9.53 Å². The quantitative estimate of drug-likeness (QED) is 0.655. The van der Waals surface area contributed by atoms with Gasteiger partial charge in [-0.25, -0.2) is 4.79 Å². The van der Waals surface area contributed by atoms with Crippen LogP contribution in [0.25, 0.3) is 0 Å². The third-order valence-electron chi connectivity index (χ3n) is 3.64. The maximum absolute atomic E-state index is 11.5. The highest BCUT2D eigenvalue weighted by atomic mass is 16.6. The number of hydrogen-bond donors (Lipinski definition) is 2. The van der Waals surface area contributed by atoms with Crippen LogP contribution in [0.5, 0.6) is 0 Å². The lowest BCUT2D eigenvalue weighted by molar-refractivity contribution is -0.138. The molecule has 0 aromatic carbocycles. The number of carboxylic acids is 1. The molecule has 0 saturated carbocycles. The summed E-state index contributed by atoms with van der Waals surface area (Å²) in [4.78, 5) is 26.5. The van der Waals surface area contributed by atoms with Gasteiger partial charge in [0.05, 0.1) is 6.54 Å². The summed E-state index contributed by atoms with van der Waals surface area (Å²) in [5, 5.41) is 11.5. The van der Waals surface area contributed by atoms with Crippen molar-refractivity contribution in [2.24, 2.45) is 0 Å². The van der Waals surface area contributed by atoms with Gasteiger partial charge in [-0.1, -0.05) is 6.42 Å². The molecule has 0 aliphatic carbocycles. The lowest BCUT2D eigenvalue weighted by atomic mass is 10.2. The first-order chi connectivity index (χ1) is 10.8. The van der Waals surface area contributed by atoms with E-state index < -0.39 is 11.6 Å². The number of alkyl carbamates (subject to hydrolysis) is 1. The fourth-order valence-electron chi connectivity index (χ4n) is 2.50. The van der Waals surface area contributed by atoms with Gasteiger partial charge in [-0.2, -0.15) is 0 Å². The van der Waals surface area contributed by atoms with Crippen molar-refractivity contribution in [1.29, 1.82) is 0 Å². The normalized spacial score (nSPS) is 17.0. The molecule has 1 amide bonds. The number of carbonyl (C=O) groups excluding carboxylic acids is 1. The Labute approximate surface area is 139 Å². The number of carboxylic acid groups (broad SMARTS) is 1. The molecule has 7 heteroatoms. The Bertz CT molecular complexity index is 374. The lowest BCUT2D eigenvalue weighted by Crippen LogP contribution is -2.48. The monoisotopic (exact) mass is 329 g/mol. The van der Waals surface area contributed by atoms with Gasteiger partial charge >= 0.3 is 12.1 Å². The van der Waals surface area contributed by atoms with E-state index in [1.807, 2.05) is 25.7 Å². The Balaban J connectivity index is 1.98. The minimum Gasteiger partial charge on any atom is -0.480 e. The number of amides is 1. The number of piperazine rings is 1. The van der Waals surface area contributed by atoms with Crippen LogP contribution < -0.4 is 5.32 Å². The highest BCUT2D eigenvalue weighted by Crippen LogP contribution is 2.07. The second-order valence-corrected chi connectivity index (χ2v) is 7.00. The minimum atomic E-state index is -0.754. The van der Waals surface area contributed by atoms with Crippen LogP contribution in [0.15, 0.2) is 0 Å². The van der Waals surface area contributed by atoms with Gasteiger partial charge in [-0.05, 0) is 40.2 Å². The van der Waals surface area contributed by atoms with Crippen molar-refractivity contribution in [2.45, 2.75) is 45.6 Å². The molecule has 0 aromatic heterocycles. The van der Waals surface area contributed by atoms with Crippen LogP contribution in [0.2, 0.25) is 0 Å². The van der Waals surface area contributed by atoms with Gasteiger partial charge in [-0.3, -0.25) is 9.69 Å². The van der Waals surface area contributed by atoms with Crippen molar-refractivity contribution in [3.05, 3.63) is 0 Å². The molecule has 0 spiro atoms. The summed E-state index contributed by atoms with van der Waals surface area (Å²) >= 11 is 0. The van der Waals surface area contributed by atoms with Crippen LogP contribution in [0.3, 0.4) is 0 Å². The average molecular weight is 329 g/mol. The van der Waals surface area contributed by atoms with E-state index in [2.05, 4.69) is 10.2 Å². The maximum atomic E-state index is 11.5. The number of hydrogen-bond acceptors (Lipinski definition) is 5. The summed E-state index contributed by atoms with van der Waals surface area (Å²) in [7, 11) is 0. The van der Waals surface area contributed by atoms with Gasteiger partial charge in [0, 0.05) is 32.7 Å². The predicted molar refractivity (Wildman–Crippen MR) is 88.6 cm³/mol. The molecule has 0 atom stereocenters. The molecular weight excluding hydrogens is 298 g/mol. The Kier molecular flexibility index (Phi) is 8.33. The van der Waals surface area contributed by atoms with Gasteiger partial charge in [0.15, 0.2) is 0 Å². The van der Waals surface area contributed by atoms with Gasteiger partial charge in [-0.15, -0.1) is 0 Å². The molecule has 1 aliphatic rings. The van der Waals surface area contributed by atoms with E-state index in [9.17, 15) is 9.59 Å². The molecule has 0 radical (unpaired) electrons. The minimum absolute atomic E-state index is 0.143. The summed E-state index contributed by atoms with van der Waals surface area (Å²) in [6.07, 6.45) is 2.74. The molecule has 7 nitrogen and oxygen atoms in total. The molecule has 1 heterocycles. The zero-order chi connectivity index (χ0) is 17.3. The summed E-state index contributed by atoms with van der Waals surface area (Å²) < 4.78 is 5.17. The smallest absolute Gasteiger partial charge is 0.407 e. The number of nitrogens with zero attached hydrogens (tertiary/aromatic N) is 2. The van der Waals surface area contributed by atoms with Crippen LogP contribution in [-0.4, -0.2) is 78.4 Å². The second-order valence-electron chi connectivity index (χ2n) is 7.00. The highest BCUT2D eigenvalue weighted by Gasteiger charge is 2.18. The Morgan fingerprint density at radius 1 is 1.04 bits per heavy atom. The summed E-state index contributed by atoms with van der Waals surface area (Å²) in [6, 6.07) is 0. The number of nitrogens with one attached hydrogen (secondary N) is 1. The van der Waals surface area contributed by atoms with E-state index in [-0.39, 0.29) is 12.6 Å². The predicted octanol–water partition coefficient (Wildman–Crippen LogP) is 1.38. The summed E-state index contributed by atoms with van der Waals surface area (Å²) in [5.74, 6) is -0.754. The molecule has 0 aromatic rings. The number of rotatable bonds is 8. The van der Waals surface area contributed by atoms with E-state index in [0.717, 1.165) is 52.0 Å². The first-order valence-corrected chi connectivity index (χ1v) is 8.39. The lowest BCUT2D eigenvalue weighted by Gasteiger charge is -2.33. The summed E-state index contributed by atoms with van der Waals surface area (Å²) in [5.41, 5.74) is -0.452. The van der Waals surface area contributed by atoms with E-state index in [1.165, 1.54) is 0 Å². The third-order valence-corrected chi connectivity index (χ3v) is 3.64. The Morgan fingerprint density at radius 2 is 1.65 bits per heavy atom. The Hall–Kier alpha value is -1.34. The SMILES string of the molecule is CC(C)(C)OC(=O)NCCCCCN1CCN(CC(=O)O)CC1. The first kappa shape index (κ1) is 19.7. The first-order valence-electron chi connectivity index (χ1n) is 8.39. The number of carbonyl (C=O) groups is 2. The van der Waals surface area contributed by atoms with Crippen molar-refractivity contribution in [2.75, 3.05) is 45.8 Å². The molecule has 1 fully saturated rings. The number of aliphatic carboxylic acids is 1. The van der Waals surface area contributed by atoms with E-state index in [4.69, 9.17) is 9.84 Å². The van der Waals surface area contributed by atoms with Gasteiger partial charge in [0.2, 0.25) is 0 Å². The number of ether oxygens (including phenoxy) is 1. The van der Waals surface area contributed by atoms with E-state index in [0.29, 0.717) is 6.54 Å². The molecule has 2 N–H and O–H groups in total. The van der Waals surface area contributed by atoms with E-state index in [1.54, 1.807) is 0 Å². The molecule has 1 rings (SSSR count). The fraction of sp³-hybridized carbons (Fsp3) is 0.875. The second kappa shape index (κ2) is 9.72. The molecule has 0 bridgehead atoms. The van der Waals surface area contributed by atoms with Crippen molar-refractivity contribution in [3.63, 3.8) is 0 Å². The van der Waals surface area contributed by atoms with Gasteiger partial charge in [0.25, 0.3) is 0 Å². The van der Waals surface area contributed by atoms with Crippen molar-refractivity contribution < 1.29 is 19.4 Å². The number of unbranched alkanes of at least 4 members (excludes halogenated alkanes) is 2. The molecule has 23 heavy (non-hydrogen) atoms. The highest BCUT2D eigenvalue weighted by molar-refractivity contribution is 5.69. The fourth-order valence-corrected chi connectivity index (χ4v) is 2.50. The standard InChI is InChI=1S/C16H31N3O4/c1-16(2,3)23-15(22)17-7-5-4-6-8-18-9-11-19(12-10-18)13-14(20)21/h4-13H2,1-3H3,(H,17,22)(H,20,21). The van der Waals surface area contributed by atoms with Crippen LogP contribution in [0, 0.1) is 0 Å². The molecule has 1 saturated heterocycles. The van der Waals surface area contributed by atoms with Crippen molar-refractivity contribution in [1.82, 2.24) is 15.1 Å². The topological polar surface area (TPSA) is 82.1 Å². The van der Waals surface area contributed by atoms with Crippen LogP contribution in [0.4, 0.5) is 4.79 Å². The van der Waals surface area contributed by atoms with Crippen molar-refractivity contribution in [3.8, 4) is 0 Å². The molecule has 1 aliphatic heterocycles. The summed E-state index contributed by atoms with van der Waals surface area (Å²) in [6.45, 7) is 10.9. The largest absolute Gasteiger partial charge is 0.480 e. The van der Waals surface area contributed by atoms with Crippen molar-refractivity contribution >= 4 is 12.1 Å². The van der Waals surface area contributed by atoms with Gasteiger partial charge in [0.1, 0.15) is 5.60 Å². The van der Waals surface area contributed by atoms with Gasteiger partial charge < -0.3 is 20.1 Å². The van der Waals surface area contributed by atoms with E-state index >= 15 is 0 Å². The zero-order valence-electron chi connectivity index (χ0n) is 14.6.